The van der Waals surface area contributed by atoms with Crippen molar-refractivity contribution in [2.24, 2.45) is 0 Å². The maximum atomic E-state index is 5.73. The fourth-order valence-corrected chi connectivity index (χ4v) is 2.37. The molecule has 0 aliphatic heterocycles. The molecular weight excluding hydrogens is 339 g/mol. The van der Waals surface area contributed by atoms with Crippen molar-refractivity contribution in [3.8, 4) is 11.5 Å². The van der Waals surface area contributed by atoms with E-state index in [1.165, 1.54) is 3.57 Å². The summed E-state index contributed by atoms with van der Waals surface area (Å²) in [7, 11) is 0. The molecule has 0 aliphatic rings. The van der Waals surface area contributed by atoms with Crippen LogP contribution < -0.4 is 10.1 Å². The lowest BCUT2D eigenvalue weighted by molar-refractivity contribution is 0.480. The van der Waals surface area contributed by atoms with Crippen LogP contribution >= 0.6 is 20.7 Å². The van der Waals surface area contributed by atoms with Crippen molar-refractivity contribution in [1.82, 2.24) is 4.98 Å². The summed E-state index contributed by atoms with van der Waals surface area (Å²) in [6, 6.07) is 11.7. The van der Waals surface area contributed by atoms with Gasteiger partial charge in [-0.05, 0) is 36.5 Å². The number of pyridine rings is 1. The lowest BCUT2D eigenvalue weighted by Crippen LogP contribution is -1.91. The summed E-state index contributed by atoms with van der Waals surface area (Å²) >= 11 is -0.161. The molecule has 18 heavy (non-hydrogen) atoms. The number of anilines is 1. The van der Waals surface area contributed by atoms with Gasteiger partial charge in [-0.3, -0.25) is 0 Å². The smallest absolute Gasteiger partial charge is 0.145 e. The molecule has 1 N–H and O–H groups in total. The summed E-state index contributed by atoms with van der Waals surface area (Å²) in [4.78, 5) is 4.19. The minimum Gasteiger partial charge on any atom is -0.456 e. The van der Waals surface area contributed by atoms with E-state index < -0.39 is 0 Å². The highest BCUT2D eigenvalue weighted by Crippen LogP contribution is 2.23. The number of benzene rings is 1. The standard InChI is InChI=1S/C14H13IN2O/c1-3-16-14-8-7-13(10-17-14)18-12-6-4-5-11(9-12)15-2/h3-10H,1-2H2,(H,16,17). The van der Waals surface area contributed by atoms with E-state index in [0.29, 0.717) is 5.75 Å². The van der Waals surface area contributed by atoms with E-state index in [1.54, 1.807) is 12.4 Å². The van der Waals surface area contributed by atoms with Gasteiger partial charge in [0, 0.05) is 3.57 Å². The molecule has 1 heterocycles. The van der Waals surface area contributed by atoms with Crippen molar-refractivity contribution in [1.29, 1.82) is 0 Å². The topological polar surface area (TPSA) is 34.1 Å². The highest BCUT2D eigenvalue weighted by atomic mass is 127. The SMILES string of the molecule is C=CNc1ccc(Oc2cccc(I=C)c2)cn1. The van der Waals surface area contributed by atoms with Gasteiger partial charge in [0.2, 0.25) is 0 Å². The quantitative estimate of drug-likeness (QED) is 0.826. The van der Waals surface area contributed by atoms with E-state index in [1.807, 2.05) is 30.3 Å². The Hall–Kier alpha value is -1.69. The molecule has 0 spiro atoms. The van der Waals surface area contributed by atoms with Gasteiger partial charge in [-0.15, -0.1) is 0 Å². The summed E-state index contributed by atoms with van der Waals surface area (Å²) in [6.45, 7) is 3.58. The van der Waals surface area contributed by atoms with E-state index in [0.717, 1.165) is 11.6 Å². The van der Waals surface area contributed by atoms with Crippen LogP contribution in [-0.4, -0.2) is 9.50 Å². The average Bonchev–Trinajstić information content (AvgIpc) is 2.42. The molecular formula is C14H13IN2O. The Morgan fingerprint density at radius 2 is 2.11 bits per heavy atom. The highest BCUT2D eigenvalue weighted by Gasteiger charge is 1.99. The van der Waals surface area contributed by atoms with E-state index in [2.05, 4.69) is 27.5 Å². The van der Waals surface area contributed by atoms with Crippen LogP contribution in [0.5, 0.6) is 11.5 Å². The van der Waals surface area contributed by atoms with Crippen molar-refractivity contribution in [2.75, 3.05) is 5.32 Å². The number of hydrogen-bond acceptors (Lipinski definition) is 3. The van der Waals surface area contributed by atoms with Crippen LogP contribution in [0.3, 0.4) is 0 Å². The first kappa shape index (κ1) is 12.8. The summed E-state index contributed by atoms with van der Waals surface area (Å²) in [6.07, 6.45) is 3.27. The van der Waals surface area contributed by atoms with Crippen LogP contribution in [-0.2, 0) is 0 Å². The maximum absolute atomic E-state index is 5.73. The van der Waals surface area contributed by atoms with Crippen molar-refractivity contribution in [2.45, 2.75) is 0 Å². The van der Waals surface area contributed by atoms with Gasteiger partial charge in [0.15, 0.2) is 0 Å². The Morgan fingerprint density at radius 1 is 1.22 bits per heavy atom. The number of aromatic nitrogens is 1. The first-order chi connectivity index (χ1) is 8.81. The molecule has 2 rings (SSSR count). The van der Waals surface area contributed by atoms with Crippen LogP contribution in [0.15, 0.2) is 55.4 Å². The molecule has 0 fully saturated rings. The predicted molar refractivity (Wildman–Crippen MR) is 84.4 cm³/mol. The lowest BCUT2D eigenvalue weighted by Gasteiger charge is -2.06. The normalized spacial score (nSPS) is 9.78. The molecule has 0 saturated carbocycles. The summed E-state index contributed by atoms with van der Waals surface area (Å²) in [5.41, 5.74) is 0. The molecule has 2 aromatic rings. The second-order valence-corrected chi connectivity index (χ2v) is 5.43. The zero-order valence-electron chi connectivity index (χ0n) is 9.77. The van der Waals surface area contributed by atoms with Gasteiger partial charge < -0.3 is 10.1 Å². The van der Waals surface area contributed by atoms with Crippen LogP contribution in [0.4, 0.5) is 5.82 Å². The number of nitrogens with zero attached hydrogens (tertiary/aromatic N) is 1. The van der Waals surface area contributed by atoms with Gasteiger partial charge in [-0.2, -0.15) is 0 Å². The Bertz CT molecular complexity index is 552. The number of halogens is 1. The van der Waals surface area contributed by atoms with Crippen molar-refractivity contribution >= 4 is 31.1 Å². The number of rotatable bonds is 5. The largest absolute Gasteiger partial charge is 0.456 e. The lowest BCUT2D eigenvalue weighted by atomic mass is 10.3. The Morgan fingerprint density at radius 3 is 2.78 bits per heavy atom. The van der Waals surface area contributed by atoms with Gasteiger partial charge in [-0.25, -0.2) is 4.98 Å². The molecule has 1 aromatic heterocycles. The molecule has 0 atom stereocenters. The molecule has 0 aliphatic carbocycles. The Balaban J connectivity index is 2.12. The molecule has 92 valence electrons. The van der Waals surface area contributed by atoms with Gasteiger partial charge in [-0.1, -0.05) is 37.9 Å². The van der Waals surface area contributed by atoms with Crippen molar-refractivity contribution in [3.05, 3.63) is 58.9 Å². The highest BCUT2D eigenvalue weighted by molar-refractivity contribution is 14.2. The summed E-state index contributed by atoms with van der Waals surface area (Å²) in [5.74, 6) is 2.28. The van der Waals surface area contributed by atoms with Crippen LogP contribution in [0.1, 0.15) is 0 Å². The average molecular weight is 352 g/mol. The van der Waals surface area contributed by atoms with E-state index >= 15 is 0 Å². The molecule has 3 nitrogen and oxygen atoms in total. The second kappa shape index (κ2) is 6.30. The minimum absolute atomic E-state index is 0.161. The number of nitrogens with one attached hydrogen (secondary N) is 1. The summed E-state index contributed by atoms with van der Waals surface area (Å²) < 4.78 is 10.9. The Kier molecular flexibility index (Phi) is 4.46. The molecule has 4 heteroatoms. The summed E-state index contributed by atoms with van der Waals surface area (Å²) in [5, 5.41) is 2.91. The zero-order chi connectivity index (χ0) is 12.8. The fourth-order valence-electron chi connectivity index (χ4n) is 1.38. The molecule has 0 saturated heterocycles. The van der Waals surface area contributed by atoms with E-state index in [9.17, 15) is 0 Å². The monoisotopic (exact) mass is 352 g/mol. The Labute approximate surface area is 116 Å². The number of hydrogen-bond donors (Lipinski definition) is 1. The van der Waals surface area contributed by atoms with Crippen molar-refractivity contribution in [3.63, 3.8) is 0 Å². The molecule has 0 bridgehead atoms. The third-order valence-electron chi connectivity index (χ3n) is 2.17. The number of ether oxygens (including phenoxy) is 1. The molecule has 0 unspecified atom stereocenters. The van der Waals surface area contributed by atoms with Gasteiger partial charge in [0.05, 0.1) is 6.20 Å². The van der Waals surface area contributed by atoms with E-state index in [-0.39, 0.29) is 20.7 Å². The van der Waals surface area contributed by atoms with Gasteiger partial charge >= 0.3 is 0 Å². The first-order valence-corrected chi connectivity index (χ1v) is 7.92. The molecule has 1 aromatic carbocycles. The van der Waals surface area contributed by atoms with Gasteiger partial charge in [0.1, 0.15) is 17.3 Å². The third kappa shape index (κ3) is 3.40. The predicted octanol–water partition coefficient (Wildman–Crippen LogP) is 4.00. The van der Waals surface area contributed by atoms with Crippen LogP contribution in [0.25, 0.3) is 0 Å². The minimum atomic E-state index is -0.161. The van der Waals surface area contributed by atoms with Gasteiger partial charge in [0.25, 0.3) is 0 Å². The first-order valence-electron chi connectivity index (χ1n) is 5.31. The second-order valence-electron chi connectivity index (χ2n) is 3.42. The third-order valence-corrected chi connectivity index (χ3v) is 3.72. The van der Waals surface area contributed by atoms with Crippen molar-refractivity contribution < 1.29 is 4.74 Å². The van der Waals surface area contributed by atoms with E-state index in [4.69, 9.17) is 4.74 Å². The molecule has 0 radical (unpaired) electrons. The maximum Gasteiger partial charge on any atom is 0.145 e. The zero-order valence-corrected chi connectivity index (χ0v) is 11.9. The fraction of sp³-hybridized carbons (Fsp3) is 0. The molecule has 0 amide bonds. The van der Waals surface area contributed by atoms with Crippen LogP contribution in [0.2, 0.25) is 0 Å². The van der Waals surface area contributed by atoms with Crippen LogP contribution in [0, 0.1) is 3.57 Å².